The van der Waals surface area contributed by atoms with Crippen LogP contribution in [0, 0.1) is 11.7 Å². The molecular formula is C16H23FIN3. The molecule has 2 aliphatic rings. The molecule has 1 saturated carbocycles. The van der Waals surface area contributed by atoms with Crippen LogP contribution in [0.25, 0.3) is 0 Å². The van der Waals surface area contributed by atoms with Crippen molar-refractivity contribution in [1.29, 1.82) is 0 Å². The van der Waals surface area contributed by atoms with Gasteiger partial charge in [0.15, 0.2) is 5.96 Å². The summed E-state index contributed by atoms with van der Waals surface area (Å²) in [4.78, 5) is 6.86. The second kappa shape index (κ2) is 6.94. The lowest BCUT2D eigenvalue weighted by molar-refractivity contribution is 0.270. The molecule has 0 amide bonds. The molecule has 1 aliphatic carbocycles. The SMILES string of the molecule is CC1CCCN(C(N)=N[C@@H]2C[C@H]2c2ccc(F)cc2)C1.I. The van der Waals surface area contributed by atoms with Crippen molar-refractivity contribution < 1.29 is 4.39 Å². The van der Waals surface area contributed by atoms with Crippen molar-refractivity contribution in [1.82, 2.24) is 4.90 Å². The van der Waals surface area contributed by atoms with Crippen LogP contribution in [0.1, 0.15) is 37.7 Å². The molecule has 0 radical (unpaired) electrons. The van der Waals surface area contributed by atoms with Crippen molar-refractivity contribution in [2.75, 3.05) is 13.1 Å². The second-order valence-electron chi connectivity index (χ2n) is 6.14. The largest absolute Gasteiger partial charge is 0.370 e. The van der Waals surface area contributed by atoms with E-state index in [0.29, 0.717) is 17.8 Å². The number of benzene rings is 1. The van der Waals surface area contributed by atoms with Crippen LogP contribution in [0.15, 0.2) is 29.3 Å². The molecule has 0 spiro atoms. The molecule has 1 aromatic rings. The summed E-state index contributed by atoms with van der Waals surface area (Å²) in [6, 6.07) is 7.02. The highest BCUT2D eigenvalue weighted by Gasteiger charge is 2.39. The maximum Gasteiger partial charge on any atom is 0.191 e. The molecule has 5 heteroatoms. The summed E-state index contributed by atoms with van der Waals surface area (Å²) in [6.07, 6.45) is 3.50. The average Bonchev–Trinajstić information content (AvgIpc) is 3.19. The Kier molecular flexibility index (Phi) is 5.46. The minimum absolute atomic E-state index is 0. The molecule has 21 heavy (non-hydrogen) atoms. The van der Waals surface area contributed by atoms with Crippen LogP contribution in [0.3, 0.4) is 0 Å². The van der Waals surface area contributed by atoms with E-state index in [2.05, 4.69) is 16.8 Å². The summed E-state index contributed by atoms with van der Waals surface area (Å²) in [5.74, 6) is 1.61. The smallest absolute Gasteiger partial charge is 0.191 e. The van der Waals surface area contributed by atoms with Gasteiger partial charge in [-0.25, -0.2) is 9.38 Å². The van der Waals surface area contributed by atoms with E-state index in [1.807, 2.05) is 12.1 Å². The summed E-state index contributed by atoms with van der Waals surface area (Å²) in [7, 11) is 0. The molecule has 1 saturated heterocycles. The van der Waals surface area contributed by atoms with E-state index in [1.165, 1.54) is 30.5 Å². The minimum Gasteiger partial charge on any atom is -0.370 e. The van der Waals surface area contributed by atoms with Gasteiger partial charge < -0.3 is 10.6 Å². The van der Waals surface area contributed by atoms with Crippen molar-refractivity contribution >= 4 is 29.9 Å². The molecule has 3 rings (SSSR count). The monoisotopic (exact) mass is 403 g/mol. The third-order valence-corrected chi connectivity index (χ3v) is 4.33. The van der Waals surface area contributed by atoms with E-state index in [4.69, 9.17) is 5.73 Å². The molecular weight excluding hydrogens is 380 g/mol. The van der Waals surface area contributed by atoms with Crippen molar-refractivity contribution in [2.24, 2.45) is 16.6 Å². The minimum atomic E-state index is -0.184. The van der Waals surface area contributed by atoms with Gasteiger partial charge in [0.05, 0.1) is 6.04 Å². The van der Waals surface area contributed by atoms with Crippen LogP contribution in [0.2, 0.25) is 0 Å². The number of nitrogens with two attached hydrogens (primary N) is 1. The first-order chi connectivity index (χ1) is 9.63. The highest BCUT2D eigenvalue weighted by atomic mass is 127. The van der Waals surface area contributed by atoms with Crippen molar-refractivity contribution in [2.45, 2.75) is 38.1 Å². The third kappa shape index (κ3) is 4.08. The molecule has 1 aliphatic heterocycles. The molecule has 0 aromatic heterocycles. The number of halogens is 2. The molecule has 3 nitrogen and oxygen atoms in total. The molecule has 0 bridgehead atoms. The molecule has 2 fully saturated rings. The topological polar surface area (TPSA) is 41.6 Å². The van der Waals surface area contributed by atoms with Crippen LogP contribution >= 0.6 is 24.0 Å². The highest BCUT2D eigenvalue weighted by molar-refractivity contribution is 14.0. The maximum atomic E-state index is 12.9. The van der Waals surface area contributed by atoms with E-state index in [0.717, 1.165) is 19.5 Å². The highest BCUT2D eigenvalue weighted by Crippen LogP contribution is 2.43. The van der Waals surface area contributed by atoms with Crippen LogP contribution in [-0.2, 0) is 0 Å². The summed E-state index contributed by atoms with van der Waals surface area (Å²) in [6.45, 7) is 4.30. The first-order valence-electron chi connectivity index (χ1n) is 7.47. The van der Waals surface area contributed by atoms with Gasteiger partial charge in [0.1, 0.15) is 5.82 Å². The van der Waals surface area contributed by atoms with Gasteiger partial charge in [-0.1, -0.05) is 19.1 Å². The van der Waals surface area contributed by atoms with Gasteiger partial charge in [0.25, 0.3) is 0 Å². The number of hydrogen-bond acceptors (Lipinski definition) is 1. The fraction of sp³-hybridized carbons (Fsp3) is 0.562. The summed E-state index contributed by atoms with van der Waals surface area (Å²) in [5.41, 5.74) is 7.30. The first kappa shape index (κ1) is 16.5. The zero-order valence-corrected chi connectivity index (χ0v) is 14.7. The van der Waals surface area contributed by atoms with Crippen LogP contribution in [0.5, 0.6) is 0 Å². The Hall–Kier alpha value is -0.850. The third-order valence-electron chi connectivity index (χ3n) is 4.33. The van der Waals surface area contributed by atoms with Crippen LogP contribution in [-0.4, -0.2) is 30.0 Å². The number of guanidine groups is 1. The molecule has 2 N–H and O–H groups in total. The summed E-state index contributed by atoms with van der Waals surface area (Å²) >= 11 is 0. The van der Waals surface area contributed by atoms with Gasteiger partial charge in [0, 0.05) is 19.0 Å². The fourth-order valence-electron chi connectivity index (χ4n) is 3.04. The Morgan fingerprint density at radius 2 is 2.05 bits per heavy atom. The zero-order chi connectivity index (χ0) is 14.1. The maximum absolute atomic E-state index is 12.9. The number of likely N-dealkylation sites (tertiary alicyclic amines) is 1. The van der Waals surface area contributed by atoms with Crippen molar-refractivity contribution in [3.05, 3.63) is 35.6 Å². The summed E-state index contributed by atoms with van der Waals surface area (Å²) in [5, 5.41) is 0. The standard InChI is InChI=1S/C16H22FN3.HI/c1-11-3-2-8-20(10-11)16(18)19-15-9-14(15)12-4-6-13(17)7-5-12;/h4-7,11,14-15H,2-3,8-10H2,1H3,(H2,18,19);1H/t11?,14-,15+;/m0./s1. The van der Waals surface area contributed by atoms with Gasteiger partial charge in [-0.15, -0.1) is 24.0 Å². The van der Waals surface area contributed by atoms with Crippen molar-refractivity contribution in [3.8, 4) is 0 Å². The number of piperidine rings is 1. The molecule has 1 heterocycles. The van der Waals surface area contributed by atoms with E-state index < -0.39 is 0 Å². The van der Waals surface area contributed by atoms with Gasteiger partial charge >= 0.3 is 0 Å². The number of aliphatic imine (C=N–C) groups is 1. The van der Waals surface area contributed by atoms with E-state index in [9.17, 15) is 4.39 Å². The fourth-order valence-corrected chi connectivity index (χ4v) is 3.04. The predicted molar refractivity (Wildman–Crippen MR) is 94.6 cm³/mol. The molecule has 116 valence electrons. The molecule has 1 unspecified atom stereocenters. The summed E-state index contributed by atoms with van der Waals surface area (Å²) < 4.78 is 12.9. The number of nitrogens with zero attached hydrogens (tertiary/aromatic N) is 2. The van der Waals surface area contributed by atoms with Crippen molar-refractivity contribution in [3.63, 3.8) is 0 Å². The quantitative estimate of drug-likeness (QED) is 0.468. The average molecular weight is 403 g/mol. The van der Waals surface area contributed by atoms with Gasteiger partial charge in [0.2, 0.25) is 0 Å². The van der Waals surface area contributed by atoms with Crippen LogP contribution in [0.4, 0.5) is 4.39 Å². The first-order valence-corrected chi connectivity index (χ1v) is 7.47. The van der Waals surface area contributed by atoms with Gasteiger partial charge in [-0.2, -0.15) is 0 Å². The Labute approximate surface area is 142 Å². The lowest BCUT2D eigenvalue weighted by Gasteiger charge is -2.31. The number of hydrogen-bond donors (Lipinski definition) is 1. The lowest BCUT2D eigenvalue weighted by atomic mass is 10.0. The van der Waals surface area contributed by atoms with E-state index in [1.54, 1.807) is 0 Å². The Balaban J connectivity index is 0.00000161. The van der Waals surface area contributed by atoms with E-state index >= 15 is 0 Å². The molecule has 1 aromatic carbocycles. The molecule has 3 atom stereocenters. The van der Waals surface area contributed by atoms with Crippen LogP contribution < -0.4 is 5.73 Å². The van der Waals surface area contributed by atoms with Gasteiger partial charge in [-0.3, -0.25) is 0 Å². The van der Waals surface area contributed by atoms with Gasteiger partial charge in [-0.05, 0) is 42.9 Å². The van der Waals surface area contributed by atoms with E-state index in [-0.39, 0.29) is 35.8 Å². The Morgan fingerprint density at radius 3 is 2.71 bits per heavy atom. The predicted octanol–water partition coefficient (Wildman–Crippen LogP) is 3.35. The Morgan fingerprint density at radius 1 is 1.33 bits per heavy atom. The zero-order valence-electron chi connectivity index (χ0n) is 12.3. The normalized spacial score (nSPS) is 29.0. The second-order valence-corrected chi connectivity index (χ2v) is 6.14. The number of rotatable bonds is 2. The lowest BCUT2D eigenvalue weighted by Crippen LogP contribution is -2.43. The Bertz CT molecular complexity index is 503.